The standard InChI is InChI=1S/C13H21N3O2/c1-4-11-10(7-15(3)14-11)8-16-6-5-9(2)12(16)13(17)18/h7,9,12H,4-6,8H2,1-3H3,(H,17,18). The van der Waals surface area contributed by atoms with E-state index < -0.39 is 5.97 Å². The topological polar surface area (TPSA) is 58.4 Å². The Morgan fingerprint density at radius 2 is 2.33 bits per heavy atom. The number of nitrogens with zero attached hydrogens (tertiary/aromatic N) is 3. The number of carbonyl (C=O) groups is 1. The highest BCUT2D eigenvalue weighted by molar-refractivity contribution is 5.74. The fourth-order valence-corrected chi connectivity index (χ4v) is 2.84. The van der Waals surface area contributed by atoms with E-state index in [1.165, 1.54) is 0 Å². The molecule has 0 amide bonds. The first-order valence-electron chi connectivity index (χ1n) is 6.51. The van der Waals surface area contributed by atoms with Crippen LogP contribution in [-0.4, -0.2) is 38.3 Å². The number of likely N-dealkylation sites (tertiary alicyclic amines) is 1. The van der Waals surface area contributed by atoms with Gasteiger partial charge in [0.25, 0.3) is 0 Å². The smallest absolute Gasteiger partial charge is 0.321 e. The van der Waals surface area contributed by atoms with Crippen LogP contribution in [0.4, 0.5) is 0 Å². The van der Waals surface area contributed by atoms with Gasteiger partial charge in [0.1, 0.15) is 6.04 Å². The lowest BCUT2D eigenvalue weighted by atomic mass is 10.0. The van der Waals surface area contributed by atoms with Crippen LogP contribution in [0.15, 0.2) is 6.20 Å². The van der Waals surface area contributed by atoms with Crippen LogP contribution in [0.3, 0.4) is 0 Å². The SMILES string of the molecule is CCc1nn(C)cc1CN1CCC(C)C1C(=O)O. The highest BCUT2D eigenvalue weighted by Gasteiger charge is 2.36. The van der Waals surface area contributed by atoms with Crippen molar-refractivity contribution in [3.63, 3.8) is 0 Å². The quantitative estimate of drug-likeness (QED) is 0.875. The van der Waals surface area contributed by atoms with E-state index in [9.17, 15) is 9.90 Å². The second-order valence-corrected chi connectivity index (χ2v) is 5.15. The molecule has 5 nitrogen and oxygen atoms in total. The van der Waals surface area contributed by atoms with Crippen molar-refractivity contribution in [1.82, 2.24) is 14.7 Å². The third-order valence-electron chi connectivity index (χ3n) is 3.76. The summed E-state index contributed by atoms with van der Waals surface area (Å²) < 4.78 is 1.81. The fraction of sp³-hybridized carbons (Fsp3) is 0.692. The van der Waals surface area contributed by atoms with Crippen LogP contribution in [0.2, 0.25) is 0 Å². The van der Waals surface area contributed by atoms with E-state index in [4.69, 9.17) is 0 Å². The number of rotatable bonds is 4. The van der Waals surface area contributed by atoms with E-state index in [2.05, 4.69) is 16.9 Å². The van der Waals surface area contributed by atoms with E-state index in [1.807, 2.05) is 24.9 Å². The lowest BCUT2D eigenvalue weighted by molar-refractivity contribution is -0.143. The molecule has 0 aromatic carbocycles. The minimum absolute atomic E-state index is 0.226. The van der Waals surface area contributed by atoms with Gasteiger partial charge in [-0.1, -0.05) is 13.8 Å². The third-order valence-corrected chi connectivity index (χ3v) is 3.76. The molecule has 1 N–H and O–H groups in total. The van der Waals surface area contributed by atoms with E-state index >= 15 is 0 Å². The Kier molecular flexibility index (Phi) is 3.71. The van der Waals surface area contributed by atoms with Crippen LogP contribution in [-0.2, 0) is 24.8 Å². The Morgan fingerprint density at radius 1 is 1.61 bits per heavy atom. The van der Waals surface area contributed by atoms with Crippen LogP contribution >= 0.6 is 0 Å². The number of carboxylic acid groups (broad SMARTS) is 1. The monoisotopic (exact) mass is 251 g/mol. The molecule has 0 bridgehead atoms. The zero-order chi connectivity index (χ0) is 13.3. The van der Waals surface area contributed by atoms with Gasteiger partial charge in [0, 0.05) is 25.4 Å². The molecule has 0 spiro atoms. The maximum Gasteiger partial charge on any atom is 0.321 e. The molecule has 1 aliphatic heterocycles. The Labute approximate surface area is 107 Å². The summed E-state index contributed by atoms with van der Waals surface area (Å²) in [5.41, 5.74) is 2.22. The summed E-state index contributed by atoms with van der Waals surface area (Å²) in [5.74, 6) is -0.480. The number of aliphatic carboxylic acids is 1. The largest absolute Gasteiger partial charge is 0.480 e. The van der Waals surface area contributed by atoms with Gasteiger partial charge in [-0.2, -0.15) is 5.10 Å². The Bertz CT molecular complexity index is 441. The second-order valence-electron chi connectivity index (χ2n) is 5.15. The van der Waals surface area contributed by atoms with Crippen molar-refractivity contribution in [3.05, 3.63) is 17.5 Å². The Hall–Kier alpha value is -1.36. The van der Waals surface area contributed by atoms with Gasteiger partial charge in [-0.15, -0.1) is 0 Å². The molecule has 1 saturated heterocycles. The van der Waals surface area contributed by atoms with Crippen molar-refractivity contribution in [3.8, 4) is 0 Å². The second kappa shape index (κ2) is 5.10. The highest BCUT2D eigenvalue weighted by atomic mass is 16.4. The van der Waals surface area contributed by atoms with Gasteiger partial charge in [0.2, 0.25) is 0 Å². The van der Waals surface area contributed by atoms with E-state index in [0.717, 1.165) is 30.6 Å². The lowest BCUT2D eigenvalue weighted by Crippen LogP contribution is -2.38. The average Bonchev–Trinajstić information content (AvgIpc) is 2.82. The fourth-order valence-electron chi connectivity index (χ4n) is 2.84. The van der Waals surface area contributed by atoms with Gasteiger partial charge in [0.15, 0.2) is 0 Å². The average molecular weight is 251 g/mol. The lowest BCUT2D eigenvalue weighted by Gasteiger charge is -2.22. The number of aryl methyl sites for hydroxylation is 2. The summed E-state index contributed by atoms with van der Waals surface area (Å²) >= 11 is 0. The molecule has 0 saturated carbocycles. The molecule has 2 heterocycles. The molecule has 1 aliphatic rings. The van der Waals surface area contributed by atoms with Gasteiger partial charge in [-0.3, -0.25) is 14.4 Å². The molecule has 0 aliphatic carbocycles. The first kappa shape index (κ1) is 13.1. The van der Waals surface area contributed by atoms with Crippen LogP contribution < -0.4 is 0 Å². The molecule has 0 radical (unpaired) electrons. The van der Waals surface area contributed by atoms with Crippen molar-refractivity contribution in [2.45, 2.75) is 39.3 Å². The van der Waals surface area contributed by atoms with E-state index in [0.29, 0.717) is 6.54 Å². The van der Waals surface area contributed by atoms with E-state index in [-0.39, 0.29) is 12.0 Å². The molecule has 1 fully saturated rings. The molecule has 2 unspecified atom stereocenters. The van der Waals surface area contributed by atoms with Crippen molar-refractivity contribution in [2.75, 3.05) is 6.54 Å². The van der Waals surface area contributed by atoms with Crippen molar-refractivity contribution in [1.29, 1.82) is 0 Å². The highest BCUT2D eigenvalue weighted by Crippen LogP contribution is 2.26. The minimum atomic E-state index is -0.707. The van der Waals surface area contributed by atoms with Crippen LogP contribution in [0.25, 0.3) is 0 Å². The maximum absolute atomic E-state index is 11.3. The number of carboxylic acids is 1. The van der Waals surface area contributed by atoms with Crippen LogP contribution in [0, 0.1) is 5.92 Å². The van der Waals surface area contributed by atoms with Gasteiger partial charge in [-0.05, 0) is 25.3 Å². The summed E-state index contributed by atoms with van der Waals surface area (Å²) in [5, 5.41) is 13.7. The maximum atomic E-state index is 11.3. The summed E-state index contributed by atoms with van der Waals surface area (Å²) in [6.45, 7) is 5.64. The molecule has 2 atom stereocenters. The van der Waals surface area contributed by atoms with Crippen LogP contribution in [0.1, 0.15) is 31.5 Å². The first-order chi connectivity index (χ1) is 8.52. The summed E-state index contributed by atoms with van der Waals surface area (Å²) in [4.78, 5) is 13.4. The molecule has 2 rings (SSSR count). The van der Waals surface area contributed by atoms with Gasteiger partial charge >= 0.3 is 5.97 Å². The summed E-state index contributed by atoms with van der Waals surface area (Å²) in [7, 11) is 1.91. The van der Waals surface area contributed by atoms with Gasteiger partial charge in [-0.25, -0.2) is 0 Å². The normalized spacial score (nSPS) is 24.6. The molecule has 100 valence electrons. The summed E-state index contributed by atoms with van der Waals surface area (Å²) in [6, 6.07) is -0.352. The van der Waals surface area contributed by atoms with Crippen molar-refractivity contribution in [2.24, 2.45) is 13.0 Å². The summed E-state index contributed by atoms with van der Waals surface area (Å²) in [6.07, 6.45) is 3.84. The predicted molar refractivity (Wildman–Crippen MR) is 68.2 cm³/mol. The van der Waals surface area contributed by atoms with Gasteiger partial charge < -0.3 is 5.11 Å². The minimum Gasteiger partial charge on any atom is -0.480 e. The number of hydrogen-bond acceptors (Lipinski definition) is 3. The molecule has 1 aromatic heterocycles. The Balaban J connectivity index is 2.15. The number of aromatic nitrogens is 2. The molecule has 1 aromatic rings. The zero-order valence-corrected chi connectivity index (χ0v) is 11.3. The number of hydrogen-bond donors (Lipinski definition) is 1. The van der Waals surface area contributed by atoms with Crippen LogP contribution in [0.5, 0.6) is 0 Å². The van der Waals surface area contributed by atoms with E-state index in [1.54, 1.807) is 0 Å². The Morgan fingerprint density at radius 3 is 2.94 bits per heavy atom. The van der Waals surface area contributed by atoms with Crippen molar-refractivity contribution < 1.29 is 9.90 Å². The molecular weight excluding hydrogens is 230 g/mol. The first-order valence-corrected chi connectivity index (χ1v) is 6.51. The third kappa shape index (κ3) is 2.41. The predicted octanol–water partition coefficient (Wildman–Crippen LogP) is 1.28. The van der Waals surface area contributed by atoms with Crippen molar-refractivity contribution >= 4 is 5.97 Å². The molecule has 18 heavy (non-hydrogen) atoms. The molecule has 5 heteroatoms. The zero-order valence-electron chi connectivity index (χ0n) is 11.3. The molecular formula is C13H21N3O2. The van der Waals surface area contributed by atoms with Gasteiger partial charge in [0.05, 0.1) is 5.69 Å².